The van der Waals surface area contributed by atoms with Gasteiger partial charge in [-0.2, -0.15) is 8.42 Å². The van der Waals surface area contributed by atoms with Crippen LogP contribution in [0.15, 0.2) is 65.6 Å². The molecule has 28 heavy (non-hydrogen) atoms. The van der Waals surface area contributed by atoms with E-state index in [-0.39, 0.29) is 11.0 Å². The maximum absolute atomic E-state index is 12.4. The van der Waals surface area contributed by atoms with Crippen LogP contribution in [0.5, 0.6) is 5.75 Å². The van der Waals surface area contributed by atoms with Crippen LogP contribution in [0.25, 0.3) is 11.1 Å². The molecule has 0 bridgehead atoms. The summed E-state index contributed by atoms with van der Waals surface area (Å²) in [4.78, 5) is 0.163. The molecule has 0 spiro atoms. The SMILES string of the molecule is COS(=O)(=O)c1ccc(C)cc1C1Cc2cccc(-c3ccccc3C)c2O1. The van der Waals surface area contributed by atoms with Gasteiger partial charge in [0.05, 0.1) is 7.11 Å². The Balaban J connectivity index is 1.80. The first kappa shape index (κ1) is 18.7. The van der Waals surface area contributed by atoms with Crippen LogP contribution in [0.3, 0.4) is 0 Å². The lowest BCUT2D eigenvalue weighted by Crippen LogP contribution is -2.12. The molecule has 3 aromatic carbocycles. The summed E-state index contributed by atoms with van der Waals surface area (Å²) >= 11 is 0. The van der Waals surface area contributed by atoms with Gasteiger partial charge in [-0.3, -0.25) is 4.18 Å². The summed E-state index contributed by atoms with van der Waals surface area (Å²) in [7, 11) is -2.64. The summed E-state index contributed by atoms with van der Waals surface area (Å²) in [6, 6.07) is 19.5. The van der Waals surface area contributed by atoms with Crippen LogP contribution in [0.1, 0.15) is 28.4 Å². The molecule has 0 amide bonds. The fraction of sp³-hybridized carbons (Fsp3) is 0.217. The van der Waals surface area contributed by atoms with Gasteiger partial charge in [0.25, 0.3) is 10.1 Å². The van der Waals surface area contributed by atoms with Crippen LogP contribution < -0.4 is 4.74 Å². The predicted molar refractivity (Wildman–Crippen MR) is 109 cm³/mol. The zero-order valence-electron chi connectivity index (χ0n) is 16.1. The highest BCUT2D eigenvalue weighted by Crippen LogP contribution is 2.45. The van der Waals surface area contributed by atoms with E-state index in [9.17, 15) is 8.42 Å². The molecule has 0 fully saturated rings. The van der Waals surface area contributed by atoms with Gasteiger partial charge in [0, 0.05) is 17.5 Å². The van der Waals surface area contributed by atoms with Crippen LogP contribution in [0.2, 0.25) is 0 Å². The molecule has 4 rings (SSSR count). The van der Waals surface area contributed by atoms with E-state index in [1.165, 1.54) is 12.7 Å². The third-order valence-electron chi connectivity index (χ3n) is 5.20. The van der Waals surface area contributed by atoms with Crippen molar-refractivity contribution in [1.82, 2.24) is 0 Å². The maximum atomic E-state index is 12.4. The van der Waals surface area contributed by atoms with Gasteiger partial charge in [0.2, 0.25) is 0 Å². The Labute approximate surface area is 165 Å². The lowest BCUT2D eigenvalue weighted by Gasteiger charge is -2.17. The van der Waals surface area contributed by atoms with Crippen LogP contribution in [-0.4, -0.2) is 15.5 Å². The summed E-state index contributed by atoms with van der Waals surface area (Å²) in [5.41, 5.74) is 6.00. The summed E-state index contributed by atoms with van der Waals surface area (Å²) in [6.45, 7) is 4.01. The smallest absolute Gasteiger partial charge is 0.297 e. The Kier molecular flexibility index (Phi) is 4.73. The Hall–Kier alpha value is -2.63. The fourth-order valence-electron chi connectivity index (χ4n) is 3.77. The molecule has 1 heterocycles. The number of hydrogen-bond donors (Lipinski definition) is 0. The number of hydrogen-bond acceptors (Lipinski definition) is 4. The van der Waals surface area contributed by atoms with Crippen molar-refractivity contribution in [3.05, 3.63) is 82.9 Å². The minimum atomic E-state index is -3.82. The Morgan fingerprint density at radius 2 is 1.71 bits per heavy atom. The lowest BCUT2D eigenvalue weighted by molar-refractivity contribution is 0.235. The van der Waals surface area contributed by atoms with E-state index in [1.807, 2.05) is 43.3 Å². The molecule has 4 nitrogen and oxygen atoms in total. The topological polar surface area (TPSA) is 52.6 Å². The van der Waals surface area contributed by atoms with Crippen molar-refractivity contribution in [3.63, 3.8) is 0 Å². The molecule has 0 aromatic heterocycles. The normalized spacial score (nSPS) is 15.9. The van der Waals surface area contributed by atoms with Crippen molar-refractivity contribution >= 4 is 10.1 Å². The predicted octanol–water partition coefficient (Wildman–Crippen LogP) is 4.98. The maximum Gasteiger partial charge on any atom is 0.297 e. The molecule has 1 unspecified atom stereocenters. The number of para-hydroxylation sites is 1. The van der Waals surface area contributed by atoms with E-state index >= 15 is 0 Å². The number of fused-ring (bicyclic) bond motifs is 1. The van der Waals surface area contributed by atoms with Crippen molar-refractivity contribution in [2.75, 3.05) is 7.11 Å². The van der Waals surface area contributed by atoms with Crippen molar-refractivity contribution in [3.8, 4) is 16.9 Å². The highest BCUT2D eigenvalue weighted by molar-refractivity contribution is 7.86. The van der Waals surface area contributed by atoms with Crippen LogP contribution in [0, 0.1) is 13.8 Å². The molecular formula is C23H22O4S. The van der Waals surface area contributed by atoms with Crippen molar-refractivity contribution in [2.45, 2.75) is 31.3 Å². The largest absolute Gasteiger partial charge is 0.484 e. The second kappa shape index (κ2) is 7.08. The minimum Gasteiger partial charge on any atom is -0.484 e. The second-order valence-corrected chi connectivity index (χ2v) is 8.76. The summed E-state index contributed by atoms with van der Waals surface area (Å²) < 4.78 is 36.0. The van der Waals surface area contributed by atoms with Gasteiger partial charge in [-0.1, -0.05) is 60.2 Å². The Morgan fingerprint density at radius 1 is 0.964 bits per heavy atom. The number of ether oxygens (including phenoxy) is 1. The first-order chi connectivity index (χ1) is 13.4. The minimum absolute atomic E-state index is 0.163. The van der Waals surface area contributed by atoms with E-state index in [2.05, 4.69) is 19.1 Å². The van der Waals surface area contributed by atoms with Gasteiger partial charge in [0.15, 0.2) is 0 Å². The fourth-order valence-corrected chi connectivity index (χ4v) is 4.66. The van der Waals surface area contributed by atoms with E-state index < -0.39 is 10.1 Å². The van der Waals surface area contributed by atoms with Crippen molar-refractivity contribution < 1.29 is 17.3 Å². The standard InChI is InChI=1S/C23H22O4S/c1-15-11-12-22(28(24,25)26-3)20(13-15)21-14-17-8-6-10-19(23(17)27-21)18-9-5-4-7-16(18)2/h4-13,21H,14H2,1-3H3. The lowest BCUT2D eigenvalue weighted by atomic mass is 9.96. The van der Waals surface area contributed by atoms with Crippen LogP contribution >= 0.6 is 0 Å². The summed E-state index contributed by atoms with van der Waals surface area (Å²) in [5.74, 6) is 0.823. The van der Waals surface area contributed by atoms with Crippen LogP contribution in [-0.2, 0) is 20.7 Å². The number of benzene rings is 3. The van der Waals surface area contributed by atoms with Gasteiger partial charge < -0.3 is 4.74 Å². The molecule has 0 radical (unpaired) electrons. The Bertz CT molecular complexity index is 1150. The molecule has 1 aliphatic heterocycles. The van der Waals surface area contributed by atoms with E-state index in [0.29, 0.717) is 12.0 Å². The van der Waals surface area contributed by atoms with E-state index in [4.69, 9.17) is 8.92 Å². The second-order valence-electron chi connectivity index (χ2n) is 7.08. The summed E-state index contributed by atoms with van der Waals surface area (Å²) in [5, 5.41) is 0. The number of rotatable bonds is 4. The average molecular weight is 394 g/mol. The van der Waals surface area contributed by atoms with E-state index in [1.54, 1.807) is 12.1 Å². The third kappa shape index (κ3) is 3.21. The number of aryl methyl sites for hydroxylation is 2. The van der Waals surface area contributed by atoms with Gasteiger partial charge in [-0.15, -0.1) is 0 Å². The molecule has 0 aliphatic carbocycles. The molecule has 0 N–H and O–H groups in total. The van der Waals surface area contributed by atoms with Gasteiger partial charge in [-0.25, -0.2) is 0 Å². The molecule has 3 aromatic rings. The molecular weight excluding hydrogens is 372 g/mol. The zero-order valence-corrected chi connectivity index (χ0v) is 16.9. The monoisotopic (exact) mass is 394 g/mol. The van der Waals surface area contributed by atoms with Gasteiger partial charge in [-0.05, 0) is 36.6 Å². The molecule has 1 aliphatic rings. The molecule has 0 saturated heterocycles. The van der Waals surface area contributed by atoms with Crippen molar-refractivity contribution in [1.29, 1.82) is 0 Å². The van der Waals surface area contributed by atoms with Crippen LogP contribution in [0.4, 0.5) is 0 Å². The van der Waals surface area contributed by atoms with Gasteiger partial charge >= 0.3 is 0 Å². The molecule has 5 heteroatoms. The average Bonchev–Trinajstić information content (AvgIpc) is 3.12. The third-order valence-corrected chi connectivity index (χ3v) is 6.55. The summed E-state index contributed by atoms with van der Waals surface area (Å²) in [6.07, 6.45) is 0.241. The molecule has 0 saturated carbocycles. The zero-order chi connectivity index (χ0) is 19.9. The Morgan fingerprint density at radius 3 is 2.46 bits per heavy atom. The highest BCUT2D eigenvalue weighted by atomic mass is 32.2. The van der Waals surface area contributed by atoms with Gasteiger partial charge in [0.1, 0.15) is 16.7 Å². The first-order valence-corrected chi connectivity index (χ1v) is 10.6. The van der Waals surface area contributed by atoms with E-state index in [0.717, 1.165) is 28.0 Å². The molecule has 1 atom stereocenters. The quantitative estimate of drug-likeness (QED) is 0.586. The van der Waals surface area contributed by atoms with Crippen molar-refractivity contribution in [2.24, 2.45) is 0 Å². The molecule has 144 valence electrons. The highest BCUT2D eigenvalue weighted by Gasteiger charge is 2.32. The first-order valence-electron chi connectivity index (χ1n) is 9.16.